The van der Waals surface area contributed by atoms with Crippen molar-refractivity contribution < 1.29 is 64.6 Å². The number of cyclic esters (lactones) is 4. The molecular weight excluding hydrogens is 821 g/mol. The van der Waals surface area contributed by atoms with E-state index >= 15 is 0 Å². The minimum Gasteiger partial charge on any atom is -1.00 e. The molecule has 2 N–H and O–H groups in total. The summed E-state index contributed by atoms with van der Waals surface area (Å²) in [5.41, 5.74) is 3.19. The Morgan fingerprint density at radius 1 is 0.707 bits per heavy atom. The summed E-state index contributed by atoms with van der Waals surface area (Å²) in [5, 5.41) is 1.70. The van der Waals surface area contributed by atoms with Crippen LogP contribution >= 0.6 is 0 Å². The molecule has 2 aliphatic heterocycles. The SMILES string of the molecule is COc1cccc2[nH]cc(C(C3CCCCC3)C3C(=O)OC(C)(C)OC3=O)c12.COc1cccc2[nH]cc(C=C3C(=O)OC(C)(C)OC3=O)c12.[Br-].[CH-]1CCCCC1.[Mg+2]. The first-order valence-corrected chi connectivity index (χ1v) is 19.6. The number of benzene rings is 2. The number of fused-ring (bicyclic) bond motifs is 2. The summed E-state index contributed by atoms with van der Waals surface area (Å²) in [4.78, 5) is 56.2. The van der Waals surface area contributed by atoms with Gasteiger partial charge in [-0.1, -0.05) is 50.7 Å². The predicted molar refractivity (Wildman–Crippen MR) is 216 cm³/mol. The van der Waals surface area contributed by atoms with Gasteiger partial charge in [0.15, 0.2) is 5.92 Å². The van der Waals surface area contributed by atoms with Gasteiger partial charge in [-0.05, 0) is 54.7 Å². The Morgan fingerprint density at radius 2 is 1.21 bits per heavy atom. The number of rotatable bonds is 6. The van der Waals surface area contributed by atoms with Crippen LogP contribution in [-0.2, 0) is 38.1 Å². The summed E-state index contributed by atoms with van der Waals surface area (Å²) in [6.45, 7) is 6.19. The van der Waals surface area contributed by atoms with E-state index in [0.29, 0.717) is 11.3 Å². The van der Waals surface area contributed by atoms with Crippen LogP contribution in [0.5, 0.6) is 11.5 Å². The number of esters is 4. The largest absolute Gasteiger partial charge is 2.00 e. The first-order chi connectivity index (χ1) is 26.8. The number of hydrogen-bond donors (Lipinski definition) is 2. The molecule has 8 rings (SSSR count). The molecule has 308 valence electrons. The minimum atomic E-state index is -1.25. The summed E-state index contributed by atoms with van der Waals surface area (Å²) in [6.07, 6.45) is 19.9. The van der Waals surface area contributed by atoms with Gasteiger partial charge in [-0.25, -0.2) is 9.59 Å². The van der Waals surface area contributed by atoms with Crippen molar-refractivity contribution >= 4 is 74.8 Å². The van der Waals surface area contributed by atoms with E-state index in [2.05, 4.69) is 16.4 Å². The molecule has 4 aromatic rings. The number of H-pyrrole nitrogens is 2. The van der Waals surface area contributed by atoms with Crippen molar-refractivity contribution in [1.82, 2.24) is 9.97 Å². The molecule has 4 heterocycles. The van der Waals surface area contributed by atoms with Crippen LogP contribution in [0.2, 0.25) is 0 Å². The molecule has 2 aliphatic carbocycles. The van der Waals surface area contributed by atoms with Crippen molar-refractivity contribution in [2.24, 2.45) is 11.8 Å². The van der Waals surface area contributed by atoms with Crippen molar-refractivity contribution in [2.45, 2.75) is 109 Å². The molecule has 0 amide bonds. The normalized spacial score (nSPS) is 19.6. The Balaban J connectivity index is 0.000000221. The standard InChI is InChI=1S/C22H27NO5.C16H15NO5.C6H11.BrH.Mg/c1-22(2)27-20(24)19(21(25)28-22)17(13-8-5-4-6-9-13)14-12-23-15-10-7-11-16(26-3)18(14)15;1-16(2)21-14(18)10(15(19)22-16)7-9-8-17-11-5-4-6-12(20-3)13(9)11;1-2-4-6-5-3-1;;/h7,10-13,17,19,23H,4-6,8-9H2,1-3H3;4-8,17H,1-3H3;1H,2-6H2;1H;/q;;-1;;+2/p-1. The number of carbonyl (C=O) groups excluding carboxylic acids is 4. The van der Waals surface area contributed by atoms with Crippen LogP contribution in [0.3, 0.4) is 0 Å². The maximum atomic E-state index is 12.9. The molecule has 0 spiro atoms. The quantitative estimate of drug-likeness (QED) is 0.0637. The van der Waals surface area contributed by atoms with E-state index in [1.807, 2.05) is 36.5 Å². The second-order valence-corrected chi connectivity index (χ2v) is 15.6. The maximum Gasteiger partial charge on any atom is 2.00 e. The predicted octanol–water partition coefficient (Wildman–Crippen LogP) is 5.47. The number of aromatic nitrogens is 2. The molecule has 58 heavy (non-hydrogen) atoms. The Morgan fingerprint density at radius 3 is 1.72 bits per heavy atom. The van der Waals surface area contributed by atoms with Gasteiger partial charge < -0.3 is 61.8 Å². The minimum absolute atomic E-state index is 0. The molecule has 1 atom stereocenters. The van der Waals surface area contributed by atoms with Crippen molar-refractivity contribution in [3.63, 3.8) is 0 Å². The number of ether oxygens (including phenoxy) is 6. The molecule has 4 fully saturated rings. The molecule has 0 bridgehead atoms. The fourth-order valence-electron chi connectivity index (χ4n) is 8.12. The first-order valence-electron chi connectivity index (χ1n) is 19.6. The van der Waals surface area contributed by atoms with E-state index in [1.54, 1.807) is 40.3 Å². The van der Waals surface area contributed by atoms with Gasteiger partial charge in [-0.2, -0.15) is 12.8 Å². The van der Waals surface area contributed by atoms with Gasteiger partial charge in [-0.15, -0.1) is 0 Å². The fourth-order valence-corrected chi connectivity index (χ4v) is 8.12. The molecule has 1 unspecified atom stereocenters. The van der Waals surface area contributed by atoms with E-state index in [4.69, 9.17) is 28.4 Å². The summed E-state index contributed by atoms with van der Waals surface area (Å²) >= 11 is 0. The number of aromatic amines is 2. The monoisotopic (exact) mass is 872 g/mol. The van der Waals surface area contributed by atoms with Crippen LogP contribution in [0.15, 0.2) is 54.4 Å². The number of nitrogens with one attached hydrogen (secondary N) is 2. The third kappa shape index (κ3) is 10.8. The van der Waals surface area contributed by atoms with Crippen molar-refractivity contribution in [3.8, 4) is 11.5 Å². The second-order valence-electron chi connectivity index (χ2n) is 15.6. The molecule has 14 heteroatoms. The van der Waals surface area contributed by atoms with Gasteiger partial charge >= 0.3 is 46.9 Å². The van der Waals surface area contributed by atoms with Crippen molar-refractivity contribution in [2.75, 3.05) is 14.2 Å². The third-order valence-electron chi connectivity index (χ3n) is 10.6. The number of hydrogen-bond acceptors (Lipinski definition) is 10. The zero-order valence-corrected chi connectivity index (χ0v) is 37.2. The molecule has 2 saturated heterocycles. The molecule has 12 nitrogen and oxygen atoms in total. The zero-order valence-electron chi connectivity index (χ0n) is 34.2. The number of methoxy groups -OCH3 is 2. The summed E-state index contributed by atoms with van der Waals surface area (Å²) < 4.78 is 32.0. The average molecular weight is 874 g/mol. The van der Waals surface area contributed by atoms with Crippen LogP contribution in [-0.4, -0.2) is 82.7 Å². The van der Waals surface area contributed by atoms with Gasteiger partial charge in [0.2, 0.25) is 0 Å². The van der Waals surface area contributed by atoms with Crippen LogP contribution in [0.1, 0.15) is 109 Å². The summed E-state index contributed by atoms with van der Waals surface area (Å²) in [6, 6.07) is 11.3. The van der Waals surface area contributed by atoms with E-state index < -0.39 is 41.4 Å². The fraction of sp³-hybridized carbons (Fsp3) is 0.477. The van der Waals surface area contributed by atoms with Crippen LogP contribution in [0.25, 0.3) is 27.9 Å². The Bertz CT molecular complexity index is 2040. The van der Waals surface area contributed by atoms with E-state index in [9.17, 15) is 19.2 Å². The van der Waals surface area contributed by atoms with Gasteiger partial charge in [0, 0.05) is 73.4 Å². The smallest absolute Gasteiger partial charge is 1.00 e. The summed E-state index contributed by atoms with van der Waals surface area (Å²) in [5.74, 6) is -4.55. The molecule has 4 aliphatic rings. The molecule has 2 aromatic carbocycles. The van der Waals surface area contributed by atoms with Crippen LogP contribution in [0.4, 0.5) is 0 Å². The third-order valence-corrected chi connectivity index (χ3v) is 10.6. The van der Waals surface area contributed by atoms with E-state index in [-0.39, 0.29) is 57.4 Å². The van der Waals surface area contributed by atoms with E-state index in [0.717, 1.165) is 58.8 Å². The van der Waals surface area contributed by atoms with Gasteiger partial charge in [0.1, 0.15) is 17.1 Å². The number of carbonyl (C=O) groups is 4. The van der Waals surface area contributed by atoms with Gasteiger partial charge in [-0.3, -0.25) is 9.59 Å². The Labute approximate surface area is 366 Å². The second kappa shape index (κ2) is 20.3. The zero-order chi connectivity index (χ0) is 40.0. The molecule has 0 radical (unpaired) electrons. The van der Waals surface area contributed by atoms with Crippen LogP contribution < -0.4 is 26.5 Å². The Kier molecular flexibility index (Phi) is 16.3. The maximum absolute atomic E-state index is 12.9. The van der Waals surface area contributed by atoms with Gasteiger partial charge in [0.05, 0.1) is 14.2 Å². The summed E-state index contributed by atoms with van der Waals surface area (Å²) in [7, 11) is 3.19. The van der Waals surface area contributed by atoms with Gasteiger partial charge in [0.25, 0.3) is 11.6 Å². The first kappa shape index (κ1) is 46.7. The average Bonchev–Trinajstić information content (AvgIpc) is 3.80. The topological polar surface area (TPSA) is 155 Å². The van der Waals surface area contributed by atoms with E-state index in [1.165, 1.54) is 58.4 Å². The molecular formula is C44H53BrMgN2O10. The van der Waals surface area contributed by atoms with Crippen molar-refractivity contribution in [1.29, 1.82) is 0 Å². The Hall–Kier alpha value is -4.01. The van der Waals surface area contributed by atoms with Crippen molar-refractivity contribution in [3.05, 3.63) is 71.9 Å². The number of halogens is 1. The molecule has 2 saturated carbocycles. The van der Waals surface area contributed by atoms with Crippen LogP contribution in [0, 0.1) is 18.3 Å². The molecule has 2 aromatic heterocycles.